The summed E-state index contributed by atoms with van der Waals surface area (Å²) in [5, 5.41) is 23.5. The van der Waals surface area contributed by atoms with E-state index in [1.807, 2.05) is 13.8 Å². The molecule has 1 N–H and O–H groups in total. The van der Waals surface area contributed by atoms with Gasteiger partial charge in [0.1, 0.15) is 0 Å². The second-order valence-electron chi connectivity index (χ2n) is 7.09. The topological polar surface area (TPSA) is 110 Å². The van der Waals surface area contributed by atoms with Crippen molar-refractivity contribution >= 4 is 28.7 Å². The van der Waals surface area contributed by atoms with Crippen LogP contribution in [0, 0.1) is 10.1 Å². The molecule has 0 fully saturated rings. The molecule has 9 heteroatoms. The van der Waals surface area contributed by atoms with Crippen LogP contribution in [0.3, 0.4) is 0 Å². The smallest absolute Gasteiger partial charge is 0.290 e. The van der Waals surface area contributed by atoms with E-state index in [2.05, 4.69) is 0 Å². The minimum Gasteiger partial charge on any atom is -0.503 e. The lowest BCUT2D eigenvalue weighted by Gasteiger charge is -2.26. The Labute approximate surface area is 177 Å². The van der Waals surface area contributed by atoms with E-state index in [0.29, 0.717) is 23.5 Å². The van der Waals surface area contributed by atoms with Crippen LogP contribution in [-0.4, -0.2) is 45.9 Å². The molecule has 2 aromatic rings. The Morgan fingerprint density at radius 2 is 2.10 bits per heavy atom. The minimum atomic E-state index is -0.911. The van der Waals surface area contributed by atoms with Crippen molar-refractivity contribution in [2.24, 2.45) is 0 Å². The number of Topliss-reactive ketones (excluding diaryl/α,β-unsaturated/α-hetero) is 1. The molecule has 158 valence electrons. The normalized spacial score (nSPS) is 16.6. The molecule has 1 atom stereocenters. The Balaban J connectivity index is 1.99. The Hall–Kier alpha value is -3.04. The summed E-state index contributed by atoms with van der Waals surface area (Å²) in [6.07, 6.45) is 0.526. The van der Waals surface area contributed by atoms with Crippen LogP contribution in [0.15, 0.2) is 53.1 Å². The lowest BCUT2D eigenvalue weighted by atomic mass is 9.95. The van der Waals surface area contributed by atoms with Crippen molar-refractivity contribution in [3.63, 3.8) is 0 Å². The van der Waals surface area contributed by atoms with Crippen LogP contribution in [0.25, 0.3) is 0 Å². The van der Waals surface area contributed by atoms with Crippen molar-refractivity contribution < 1.29 is 24.4 Å². The summed E-state index contributed by atoms with van der Waals surface area (Å²) in [7, 11) is 0. The molecule has 0 spiro atoms. The SMILES string of the molecule is CC(C)OCCCN1C(=O)C(O)=C(C(=O)c2cccs2)[C@H]1c1cccc([N+](=O)[O-])c1. The number of thiophene rings is 1. The average molecular weight is 430 g/mol. The maximum absolute atomic E-state index is 13.1. The number of aliphatic hydroxyl groups excluding tert-OH is 1. The van der Waals surface area contributed by atoms with Gasteiger partial charge >= 0.3 is 0 Å². The van der Waals surface area contributed by atoms with Gasteiger partial charge in [-0.25, -0.2) is 0 Å². The largest absolute Gasteiger partial charge is 0.503 e. The molecule has 0 saturated heterocycles. The predicted octanol–water partition coefficient (Wildman–Crippen LogP) is 4.05. The van der Waals surface area contributed by atoms with Gasteiger partial charge in [-0.05, 0) is 37.3 Å². The molecule has 8 nitrogen and oxygen atoms in total. The second-order valence-corrected chi connectivity index (χ2v) is 8.04. The van der Waals surface area contributed by atoms with Crippen LogP contribution in [0.4, 0.5) is 5.69 Å². The summed E-state index contributed by atoms with van der Waals surface area (Å²) in [6, 6.07) is 8.19. The fourth-order valence-electron chi connectivity index (χ4n) is 3.37. The number of nitro benzene ring substituents is 1. The highest BCUT2D eigenvalue weighted by atomic mass is 32.1. The molecule has 1 aliphatic heterocycles. The number of hydrogen-bond donors (Lipinski definition) is 1. The number of aliphatic hydroxyl groups is 1. The van der Waals surface area contributed by atoms with Gasteiger partial charge < -0.3 is 14.7 Å². The zero-order valence-corrected chi connectivity index (χ0v) is 17.4. The molecule has 0 radical (unpaired) electrons. The molecule has 2 heterocycles. The Kier molecular flexibility index (Phi) is 6.63. The lowest BCUT2D eigenvalue weighted by Crippen LogP contribution is -2.32. The molecule has 0 unspecified atom stereocenters. The van der Waals surface area contributed by atoms with Gasteiger partial charge in [0.25, 0.3) is 11.6 Å². The highest BCUT2D eigenvalue weighted by molar-refractivity contribution is 7.12. The molecule has 30 heavy (non-hydrogen) atoms. The number of benzene rings is 1. The third-order valence-corrected chi connectivity index (χ3v) is 5.55. The van der Waals surface area contributed by atoms with Gasteiger partial charge in [-0.15, -0.1) is 11.3 Å². The van der Waals surface area contributed by atoms with E-state index in [9.17, 15) is 24.8 Å². The first-order valence-electron chi connectivity index (χ1n) is 9.49. The number of ketones is 1. The van der Waals surface area contributed by atoms with E-state index in [4.69, 9.17) is 4.74 Å². The van der Waals surface area contributed by atoms with E-state index < -0.39 is 28.4 Å². The number of carbonyl (C=O) groups excluding carboxylic acids is 2. The van der Waals surface area contributed by atoms with Crippen molar-refractivity contribution in [2.45, 2.75) is 32.4 Å². The third-order valence-electron chi connectivity index (χ3n) is 4.68. The zero-order valence-electron chi connectivity index (χ0n) is 16.6. The first-order valence-corrected chi connectivity index (χ1v) is 10.4. The van der Waals surface area contributed by atoms with E-state index in [1.165, 1.54) is 34.4 Å². The fourth-order valence-corrected chi connectivity index (χ4v) is 4.04. The number of carbonyl (C=O) groups is 2. The summed E-state index contributed by atoms with van der Waals surface area (Å²) < 4.78 is 5.52. The monoisotopic (exact) mass is 430 g/mol. The minimum absolute atomic E-state index is 0.0364. The van der Waals surface area contributed by atoms with Gasteiger partial charge in [-0.1, -0.05) is 18.2 Å². The number of hydrogen-bond acceptors (Lipinski definition) is 7. The number of non-ortho nitro benzene ring substituents is 1. The molecular formula is C21H22N2O6S. The molecule has 1 amide bonds. The first kappa shape index (κ1) is 21.7. The quantitative estimate of drug-likeness (QED) is 0.278. The number of nitrogens with zero attached hydrogens (tertiary/aromatic N) is 2. The van der Waals surface area contributed by atoms with Crippen LogP contribution in [-0.2, 0) is 9.53 Å². The summed E-state index contributed by atoms with van der Waals surface area (Å²) >= 11 is 1.20. The van der Waals surface area contributed by atoms with Gasteiger partial charge in [-0.2, -0.15) is 0 Å². The predicted molar refractivity (Wildman–Crippen MR) is 112 cm³/mol. The molecular weight excluding hydrogens is 408 g/mol. The highest BCUT2D eigenvalue weighted by Crippen LogP contribution is 2.40. The summed E-state index contributed by atoms with van der Waals surface area (Å²) in [5.41, 5.74) is 0.177. The Morgan fingerprint density at radius 1 is 1.33 bits per heavy atom. The van der Waals surface area contributed by atoms with Gasteiger partial charge in [0.05, 0.1) is 27.5 Å². The van der Waals surface area contributed by atoms with E-state index in [-0.39, 0.29) is 23.9 Å². The highest BCUT2D eigenvalue weighted by Gasteiger charge is 2.44. The third kappa shape index (κ3) is 4.42. The number of rotatable bonds is 9. The molecule has 3 rings (SSSR count). The maximum Gasteiger partial charge on any atom is 0.290 e. The standard InChI is InChI=1S/C21H22N2O6S/c1-13(2)29-10-5-9-22-18(14-6-3-7-15(12-14)23(27)28)17(20(25)21(22)26)19(24)16-8-4-11-30-16/h3-4,6-8,11-13,18,25H,5,9-10H2,1-2H3/t18-/m1/s1. The van der Waals surface area contributed by atoms with Crippen LogP contribution in [0.2, 0.25) is 0 Å². The molecule has 1 aromatic carbocycles. The van der Waals surface area contributed by atoms with Crippen LogP contribution in [0.1, 0.15) is 41.5 Å². The van der Waals surface area contributed by atoms with Gasteiger partial charge in [-0.3, -0.25) is 19.7 Å². The van der Waals surface area contributed by atoms with Crippen molar-refractivity contribution in [3.8, 4) is 0 Å². The van der Waals surface area contributed by atoms with E-state index in [0.717, 1.165) is 0 Å². The summed E-state index contributed by atoms with van der Waals surface area (Å²) in [5.74, 6) is -1.75. The van der Waals surface area contributed by atoms with Crippen molar-refractivity contribution in [3.05, 3.63) is 73.7 Å². The molecule has 0 bridgehead atoms. The molecule has 0 aliphatic carbocycles. The number of nitro groups is 1. The molecule has 1 aromatic heterocycles. The Morgan fingerprint density at radius 3 is 2.73 bits per heavy atom. The lowest BCUT2D eigenvalue weighted by molar-refractivity contribution is -0.384. The first-order chi connectivity index (χ1) is 14.3. The van der Waals surface area contributed by atoms with Crippen molar-refractivity contribution in [2.75, 3.05) is 13.2 Å². The molecule has 0 saturated carbocycles. The average Bonchev–Trinajstić information content (AvgIpc) is 3.33. The second kappa shape index (κ2) is 9.19. The van der Waals surface area contributed by atoms with Gasteiger partial charge in [0, 0.05) is 25.3 Å². The number of ether oxygens (including phenoxy) is 1. The van der Waals surface area contributed by atoms with E-state index in [1.54, 1.807) is 23.6 Å². The van der Waals surface area contributed by atoms with Crippen LogP contribution >= 0.6 is 11.3 Å². The van der Waals surface area contributed by atoms with E-state index >= 15 is 0 Å². The van der Waals surface area contributed by atoms with Crippen molar-refractivity contribution in [1.29, 1.82) is 0 Å². The van der Waals surface area contributed by atoms with Gasteiger partial charge in [0.2, 0.25) is 5.78 Å². The van der Waals surface area contributed by atoms with Crippen molar-refractivity contribution in [1.82, 2.24) is 4.90 Å². The zero-order chi connectivity index (χ0) is 21.8. The molecule has 1 aliphatic rings. The van der Waals surface area contributed by atoms with Gasteiger partial charge in [0.15, 0.2) is 5.76 Å². The summed E-state index contributed by atoms with van der Waals surface area (Å²) in [6.45, 7) is 4.43. The fraction of sp³-hybridized carbons (Fsp3) is 0.333. The number of amides is 1. The summed E-state index contributed by atoms with van der Waals surface area (Å²) in [4.78, 5) is 38.4. The van der Waals surface area contributed by atoms with Crippen LogP contribution < -0.4 is 0 Å². The maximum atomic E-state index is 13.1. The van der Waals surface area contributed by atoms with Crippen LogP contribution in [0.5, 0.6) is 0 Å². The Bertz CT molecular complexity index is 983.